The summed E-state index contributed by atoms with van der Waals surface area (Å²) < 4.78 is 6.70. The number of rotatable bonds is 7. The molecule has 0 spiro atoms. The van der Waals surface area contributed by atoms with Gasteiger partial charge in [-0.05, 0) is 38.4 Å². The van der Waals surface area contributed by atoms with Crippen molar-refractivity contribution in [1.29, 1.82) is 0 Å². The molecule has 1 aromatic rings. The van der Waals surface area contributed by atoms with E-state index in [1.54, 1.807) is 0 Å². The van der Waals surface area contributed by atoms with Gasteiger partial charge in [-0.25, -0.2) is 0 Å². The van der Waals surface area contributed by atoms with Crippen LogP contribution in [-0.2, 0) is 0 Å². The molecule has 0 radical (unpaired) electrons. The SMILES string of the molecule is CNCCN(C)CCOc1ccc(Br)cc1. The van der Waals surface area contributed by atoms with Crippen LogP contribution < -0.4 is 10.1 Å². The third kappa shape index (κ3) is 5.49. The molecule has 0 unspecified atom stereocenters. The molecular weight excluding hydrogens is 268 g/mol. The Morgan fingerprint density at radius 3 is 2.56 bits per heavy atom. The maximum absolute atomic E-state index is 5.63. The van der Waals surface area contributed by atoms with E-state index in [1.807, 2.05) is 31.3 Å². The predicted molar refractivity (Wildman–Crippen MR) is 71.1 cm³/mol. The van der Waals surface area contributed by atoms with Crippen LogP contribution in [0.4, 0.5) is 0 Å². The van der Waals surface area contributed by atoms with Crippen LogP contribution in [0.3, 0.4) is 0 Å². The zero-order chi connectivity index (χ0) is 11.8. The average molecular weight is 287 g/mol. The molecular formula is C12H19BrN2O. The Bertz CT molecular complexity index is 290. The highest BCUT2D eigenvalue weighted by molar-refractivity contribution is 9.10. The highest BCUT2D eigenvalue weighted by Gasteiger charge is 1.98. The number of ether oxygens (including phenoxy) is 1. The number of benzene rings is 1. The summed E-state index contributed by atoms with van der Waals surface area (Å²) >= 11 is 3.39. The molecule has 3 nitrogen and oxygen atoms in total. The van der Waals surface area contributed by atoms with Crippen LogP contribution in [0, 0.1) is 0 Å². The van der Waals surface area contributed by atoms with Gasteiger partial charge >= 0.3 is 0 Å². The molecule has 0 aliphatic heterocycles. The first kappa shape index (κ1) is 13.5. The molecule has 0 saturated carbocycles. The summed E-state index contributed by atoms with van der Waals surface area (Å²) in [6.45, 7) is 3.72. The quantitative estimate of drug-likeness (QED) is 0.830. The second kappa shape index (κ2) is 7.65. The molecule has 0 aliphatic carbocycles. The van der Waals surface area contributed by atoms with Crippen LogP contribution in [0.15, 0.2) is 28.7 Å². The molecule has 1 rings (SSSR count). The minimum atomic E-state index is 0.724. The summed E-state index contributed by atoms with van der Waals surface area (Å²) in [6, 6.07) is 7.91. The van der Waals surface area contributed by atoms with E-state index in [0.29, 0.717) is 0 Å². The first-order valence-electron chi connectivity index (χ1n) is 5.44. The fraction of sp³-hybridized carbons (Fsp3) is 0.500. The lowest BCUT2D eigenvalue weighted by atomic mass is 10.3. The molecule has 1 N–H and O–H groups in total. The van der Waals surface area contributed by atoms with Crippen molar-refractivity contribution >= 4 is 15.9 Å². The van der Waals surface area contributed by atoms with E-state index in [0.717, 1.165) is 36.5 Å². The Hall–Kier alpha value is -0.580. The lowest BCUT2D eigenvalue weighted by Crippen LogP contribution is -2.30. The smallest absolute Gasteiger partial charge is 0.119 e. The molecule has 0 fully saturated rings. The van der Waals surface area contributed by atoms with E-state index in [9.17, 15) is 0 Å². The molecule has 0 aromatic heterocycles. The number of hydrogen-bond donors (Lipinski definition) is 1. The Kier molecular flexibility index (Phi) is 6.45. The molecule has 0 saturated heterocycles. The minimum absolute atomic E-state index is 0.724. The van der Waals surface area contributed by atoms with Crippen molar-refractivity contribution in [1.82, 2.24) is 10.2 Å². The van der Waals surface area contributed by atoms with Gasteiger partial charge in [-0.15, -0.1) is 0 Å². The maximum atomic E-state index is 5.63. The third-order valence-electron chi connectivity index (χ3n) is 2.30. The van der Waals surface area contributed by atoms with Gasteiger partial charge in [0.05, 0.1) is 0 Å². The van der Waals surface area contributed by atoms with Gasteiger partial charge in [0.1, 0.15) is 12.4 Å². The third-order valence-corrected chi connectivity index (χ3v) is 2.83. The van der Waals surface area contributed by atoms with Crippen molar-refractivity contribution in [3.8, 4) is 5.75 Å². The first-order valence-corrected chi connectivity index (χ1v) is 6.23. The van der Waals surface area contributed by atoms with E-state index in [2.05, 4.69) is 33.2 Å². The highest BCUT2D eigenvalue weighted by Crippen LogP contribution is 2.15. The number of nitrogens with one attached hydrogen (secondary N) is 1. The van der Waals surface area contributed by atoms with Gasteiger partial charge in [-0.2, -0.15) is 0 Å². The van der Waals surface area contributed by atoms with Gasteiger partial charge in [0.25, 0.3) is 0 Å². The summed E-state index contributed by atoms with van der Waals surface area (Å²) in [5.41, 5.74) is 0. The summed E-state index contributed by atoms with van der Waals surface area (Å²) in [5, 5.41) is 3.13. The van der Waals surface area contributed by atoms with E-state index in [-0.39, 0.29) is 0 Å². The van der Waals surface area contributed by atoms with Crippen molar-refractivity contribution < 1.29 is 4.74 Å². The fourth-order valence-electron chi connectivity index (χ4n) is 1.26. The topological polar surface area (TPSA) is 24.5 Å². The first-order chi connectivity index (χ1) is 7.72. The van der Waals surface area contributed by atoms with Crippen LogP contribution in [0.5, 0.6) is 5.75 Å². The highest BCUT2D eigenvalue weighted by atomic mass is 79.9. The van der Waals surface area contributed by atoms with Crippen molar-refractivity contribution in [3.63, 3.8) is 0 Å². The van der Waals surface area contributed by atoms with E-state index >= 15 is 0 Å². The number of hydrogen-bond acceptors (Lipinski definition) is 3. The Labute approximate surface area is 106 Å². The zero-order valence-corrected chi connectivity index (χ0v) is 11.5. The number of nitrogens with zero attached hydrogens (tertiary/aromatic N) is 1. The predicted octanol–water partition coefficient (Wildman–Crippen LogP) is 1.98. The fourth-order valence-corrected chi connectivity index (χ4v) is 1.53. The average Bonchev–Trinajstić information content (AvgIpc) is 2.29. The van der Waals surface area contributed by atoms with Crippen LogP contribution in [-0.4, -0.2) is 45.2 Å². The zero-order valence-electron chi connectivity index (χ0n) is 9.87. The molecule has 0 bridgehead atoms. The van der Waals surface area contributed by atoms with Crippen LogP contribution in [0.2, 0.25) is 0 Å². The molecule has 0 heterocycles. The summed E-state index contributed by atoms with van der Waals surface area (Å²) in [7, 11) is 4.06. The van der Waals surface area contributed by atoms with Crippen molar-refractivity contribution in [2.75, 3.05) is 40.3 Å². The molecule has 0 aliphatic rings. The second-order valence-electron chi connectivity index (χ2n) is 3.71. The van der Waals surface area contributed by atoms with Gasteiger partial charge in [0.15, 0.2) is 0 Å². The summed E-state index contributed by atoms with van der Waals surface area (Å²) in [6.07, 6.45) is 0. The van der Waals surface area contributed by atoms with Gasteiger partial charge in [0.2, 0.25) is 0 Å². The largest absolute Gasteiger partial charge is 0.492 e. The summed E-state index contributed by atoms with van der Waals surface area (Å²) in [4.78, 5) is 2.25. The maximum Gasteiger partial charge on any atom is 0.119 e. The lowest BCUT2D eigenvalue weighted by Gasteiger charge is -2.16. The molecule has 0 amide bonds. The normalized spacial score (nSPS) is 10.8. The van der Waals surface area contributed by atoms with Crippen molar-refractivity contribution in [2.45, 2.75) is 0 Å². The standard InChI is InChI=1S/C12H19BrN2O/c1-14-7-8-15(2)9-10-16-12-5-3-11(13)4-6-12/h3-6,14H,7-10H2,1-2H3. The van der Waals surface area contributed by atoms with Crippen molar-refractivity contribution in [2.24, 2.45) is 0 Å². The van der Waals surface area contributed by atoms with Crippen LogP contribution in [0.1, 0.15) is 0 Å². The number of halogens is 1. The van der Waals surface area contributed by atoms with E-state index in [4.69, 9.17) is 4.74 Å². The Morgan fingerprint density at radius 1 is 1.25 bits per heavy atom. The molecule has 1 aromatic carbocycles. The Morgan fingerprint density at radius 2 is 1.94 bits per heavy atom. The van der Waals surface area contributed by atoms with Crippen molar-refractivity contribution in [3.05, 3.63) is 28.7 Å². The summed E-state index contributed by atoms with van der Waals surface area (Å²) in [5.74, 6) is 0.921. The van der Waals surface area contributed by atoms with Crippen LogP contribution >= 0.6 is 15.9 Å². The van der Waals surface area contributed by atoms with Gasteiger partial charge in [-0.3, -0.25) is 0 Å². The number of likely N-dealkylation sites (N-methyl/N-ethyl adjacent to an activating group) is 2. The van der Waals surface area contributed by atoms with Crippen LogP contribution in [0.25, 0.3) is 0 Å². The second-order valence-corrected chi connectivity index (χ2v) is 4.62. The molecule has 0 atom stereocenters. The Balaban J connectivity index is 2.17. The van der Waals surface area contributed by atoms with Gasteiger partial charge < -0.3 is 15.0 Å². The van der Waals surface area contributed by atoms with Gasteiger partial charge in [0, 0.05) is 24.1 Å². The van der Waals surface area contributed by atoms with Gasteiger partial charge in [-0.1, -0.05) is 15.9 Å². The van der Waals surface area contributed by atoms with E-state index < -0.39 is 0 Å². The molecule has 90 valence electrons. The minimum Gasteiger partial charge on any atom is -0.492 e. The van der Waals surface area contributed by atoms with E-state index in [1.165, 1.54) is 0 Å². The molecule has 16 heavy (non-hydrogen) atoms. The lowest BCUT2D eigenvalue weighted by molar-refractivity contribution is 0.238. The monoisotopic (exact) mass is 286 g/mol. The molecule has 4 heteroatoms.